The molecule has 41 heavy (non-hydrogen) atoms. The first-order valence-electron chi connectivity index (χ1n) is 13.4. The van der Waals surface area contributed by atoms with Crippen molar-refractivity contribution in [1.82, 2.24) is 15.6 Å². The minimum absolute atomic E-state index is 0.122. The second kappa shape index (κ2) is 14.5. The van der Waals surface area contributed by atoms with Gasteiger partial charge in [0.2, 0.25) is 17.7 Å². The van der Waals surface area contributed by atoms with Gasteiger partial charge in [0.05, 0.1) is 42.8 Å². The van der Waals surface area contributed by atoms with Crippen LogP contribution in [0.2, 0.25) is 0 Å². The molecule has 0 fully saturated rings. The molecule has 0 unspecified atom stereocenters. The molecule has 11 nitrogen and oxygen atoms in total. The largest absolute Gasteiger partial charge is 0.496 e. The number of nitrogens with zero attached hydrogens (tertiary/aromatic N) is 1. The molecule has 0 aliphatic rings. The first-order valence-corrected chi connectivity index (χ1v) is 13.4. The van der Waals surface area contributed by atoms with E-state index in [1.165, 1.54) is 5.01 Å². The predicted octanol–water partition coefficient (Wildman–Crippen LogP) is 2.69. The molecule has 0 saturated carbocycles. The Bertz CT molecular complexity index is 1260. The van der Waals surface area contributed by atoms with E-state index in [0.29, 0.717) is 40.4 Å². The van der Waals surface area contributed by atoms with Crippen molar-refractivity contribution in [3.8, 4) is 5.75 Å². The average Bonchev–Trinajstić information content (AvgIpc) is 2.91. The number of benzene rings is 2. The molecule has 0 radical (unpaired) electrons. The van der Waals surface area contributed by atoms with Crippen molar-refractivity contribution in [2.75, 3.05) is 39.7 Å². The summed E-state index contributed by atoms with van der Waals surface area (Å²) in [6.07, 6.45) is 0.610. The highest BCUT2D eigenvalue weighted by molar-refractivity contribution is 6.00. The number of nitrogens with one attached hydrogen (secondary N) is 3. The van der Waals surface area contributed by atoms with Gasteiger partial charge in [-0.15, -0.1) is 0 Å². The molecule has 0 atom stereocenters. The average molecular weight is 569 g/mol. The molecule has 0 saturated heterocycles. The van der Waals surface area contributed by atoms with Gasteiger partial charge < -0.3 is 36.2 Å². The summed E-state index contributed by atoms with van der Waals surface area (Å²) >= 11 is 0. The van der Waals surface area contributed by atoms with Crippen molar-refractivity contribution in [1.29, 1.82) is 0 Å². The van der Waals surface area contributed by atoms with Gasteiger partial charge in [0, 0.05) is 37.2 Å². The highest BCUT2D eigenvalue weighted by Crippen LogP contribution is 2.33. The molecule has 0 spiro atoms. The zero-order chi connectivity index (χ0) is 30.8. The van der Waals surface area contributed by atoms with E-state index >= 15 is 0 Å². The van der Waals surface area contributed by atoms with E-state index < -0.39 is 16.9 Å². The summed E-state index contributed by atoms with van der Waals surface area (Å²) in [5, 5.41) is 9.53. The van der Waals surface area contributed by atoms with Crippen LogP contribution in [0.1, 0.15) is 51.7 Å². The van der Waals surface area contributed by atoms with Gasteiger partial charge in [-0.2, -0.15) is 0 Å². The molecule has 0 aliphatic heterocycles. The number of amides is 3. The second-order valence-corrected chi connectivity index (χ2v) is 10.9. The molecule has 7 N–H and O–H groups in total. The Morgan fingerprint density at radius 1 is 0.951 bits per heavy atom. The second-order valence-electron chi connectivity index (χ2n) is 10.9. The van der Waals surface area contributed by atoms with Crippen molar-refractivity contribution >= 4 is 34.8 Å². The number of rotatable bonds is 14. The Labute approximate surface area is 242 Å². The number of carbonyl (C=O) groups is 3. The van der Waals surface area contributed by atoms with E-state index in [9.17, 15) is 14.4 Å². The first kappa shape index (κ1) is 33.1. The van der Waals surface area contributed by atoms with Crippen LogP contribution < -0.4 is 32.3 Å². The van der Waals surface area contributed by atoms with Crippen molar-refractivity contribution in [2.24, 2.45) is 17.0 Å². The number of hydrogen-bond acceptors (Lipinski definition) is 8. The number of nitrogens with two attached hydrogens (primary N) is 2. The van der Waals surface area contributed by atoms with Crippen LogP contribution in [-0.4, -0.2) is 62.7 Å². The van der Waals surface area contributed by atoms with Gasteiger partial charge in [-0.3, -0.25) is 14.4 Å². The minimum Gasteiger partial charge on any atom is -0.496 e. The van der Waals surface area contributed by atoms with Gasteiger partial charge in [0.1, 0.15) is 5.75 Å². The lowest BCUT2D eigenvalue weighted by Crippen LogP contribution is -2.42. The highest BCUT2D eigenvalue weighted by atomic mass is 16.5. The number of hydrogen-bond donors (Lipinski definition) is 5. The number of carbonyl (C=O) groups excluding carboxylic acids is 3. The van der Waals surface area contributed by atoms with Crippen LogP contribution in [-0.2, 0) is 19.1 Å². The number of ether oxygens (including phenoxy) is 2. The monoisotopic (exact) mass is 568 g/mol. The van der Waals surface area contributed by atoms with E-state index in [1.807, 2.05) is 38.1 Å². The summed E-state index contributed by atoms with van der Waals surface area (Å²) in [5.41, 5.74) is 7.67. The SMILES string of the molecule is CNC(=O)CC(C)(C)OCCC(C)(C)C(=O)NCC(=O)Nc1ccccc1/C(=C(/N)c1ccccc1OC)N(C)N. The molecule has 0 aliphatic carbocycles. The normalized spacial score (nSPS) is 12.2. The lowest BCUT2D eigenvalue weighted by atomic mass is 9.88. The molecule has 2 rings (SSSR count). The molecule has 0 bridgehead atoms. The Hall–Kier alpha value is -4.09. The maximum Gasteiger partial charge on any atom is 0.243 e. The van der Waals surface area contributed by atoms with Gasteiger partial charge >= 0.3 is 0 Å². The summed E-state index contributed by atoms with van der Waals surface area (Å²) in [6, 6.07) is 14.4. The van der Waals surface area contributed by atoms with Crippen LogP contribution in [0, 0.1) is 5.41 Å². The third kappa shape index (κ3) is 9.51. The maximum absolute atomic E-state index is 12.9. The molecule has 224 valence electrons. The number of para-hydroxylation sites is 2. The fraction of sp³-hybridized carbons (Fsp3) is 0.433. The van der Waals surface area contributed by atoms with Crippen LogP contribution >= 0.6 is 0 Å². The van der Waals surface area contributed by atoms with Gasteiger partial charge in [0.25, 0.3) is 0 Å². The Morgan fingerprint density at radius 2 is 1.56 bits per heavy atom. The zero-order valence-corrected chi connectivity index (χ0v) is 25.1. The van der Waals surface area contributed by atoms with Gasteiger partial charge in [-0.1, -0.05) is 44.2 Å². The zero-order valence-electron chi connectivity index (χ0n) is 25.1. The van der Waals surface area contributed by atoms with Gasteiger partial charge in [-0.25, -0.2) is 5.84 Å². The van der Waals surface area contributed by atoms with Crippen molar-refractivity contribution < 1.29 is 23.9 Å². The third-order valence-electron chi connectivity index (χ3n) is 6.57. The molecular weight excluding hydrogens is 524 g/mol. The van der Waals surface area contributed by atoms with E-state index in [-0.39, 0.29) is 31.4 Å². The van der Waals surface area contributed by atoms with Gasteiger partial charge in [0.15, 0.2) is 0 Å². The fourth-order valence-electron chi connectivity index (χ4n) is 4.13. The van der Waals surface area contributed by atoms with Crippen LogP contribution in [0.5, 0.6) is 5.75 Å². The molecular formula is C30H44N6O5. The number of hydrazine groups is 1. The third-order valence-corrected chi connectivity index (χ3v) is 6.57. The summed E-state index contributed by atoms with van der Waals surface area (Å²) in [5.74, 6) is 5.94. The Morgan fingerprint density at radius 3 is 2.17 bits per heavy atom. The smallest absolute Gasteiger partial charge is 0.243 e. The first-order chi connectivity index (χ1) is 19.2. The Kier molecular flexibility index (Phi) is 11.7. The number of methoxy groups -OCH3 is 1. The van der Waals surface area contributed by atoms with E-state index in [4.69, 9.17) is 21.1 Å². The molecule has 3 amide bonds. The Balaban J connectivity index is 2.11. The van der Waals surface area contributed by atoms with Crippen molar-refractivity contribution in [3.05, 3.63) is 59.7 Å². The topological polar surface area (TPSA) is 161 Å². The van der Waals surface area contributed by atoms with Crippen LogP contribution in [0.25, 0.3) is 11.4 Å². The quantitative estimate of drug-likeness (QED) is 0.132. The van der Waals surface area contributed by atoms with Crippen LogP contribution in [0.3, 0.4) is 0 Å². The van der Waals surface area contributed by atoms with Gasteiger partial charge in [-0.05, 0) is 38.5 Å². The van der Waals surface area contributed by atoms with E-state index in [0.717, 1.165) is 0 Å². The van der Waals surface area contributed by atoms with Crippen LogP contribution in [0.15, 0.2) is 48.5 Å². The standard InChI is InChI=1S/C30H44N6O5/c1-29(2,16-17-41-30(3,4)18-24(37)33-5)28(39)34-19-25(38)35-22-14-10-8-12-20(22)27(36(6)32)26(31)21-13-9-11-15-23(21)40-7/h8-15H,16-19,31-32H2,1-7H3,(H,33,37)(H,34,39)(H,35,38)/b27-26-. The summed E-state index contributed by atoms with van der Waals surface area (Å²) in [6.45, 7) is 7.24. The molecule has 2 aromatic rings. The maximum atomic E-state index is 12.9. The fourth-order valence-corrected chi connectivity index (χ4v) is 4.13. The lowest BCUT2D eigenvalue weighted by molar-refractivity contribution is -0.134. The molecule has 0 aromatic heterocycles. The van der Waals surface area contributed by atoms with E-state index in [2.05, 4.69) is 16.0 Å². The summed E-state index contributed by atoms with van der Waals surface area (Å²) in [4.78, 5) is 37.5. The molecule has 2 aromatic carbocycles. The number of anilines is 1. The lowest BCUT2D eigenvalue weighted by Gasteiger charge is -2.28. The van der Waals surface area contributed by atoms with E-state index in [1.54, 1.807) is 59.3 Å². The highest BCUT2D eigenvalue weighted by Gasteiger charge is 2.30. The van der Waals surface area contributed by atoms with Crippen molar-refractivity contribution in [2.45, 2.75) is 46.1 Å². The summed E-state index contributed by atoms with van der Waals surface area (Å²) in [7, 11) is 4.79. The predicted molar refractivity (Wildman–Crippen MR) is 161 cm³/mol. The molecule has 11 heteroatoms. The summed E-state index contributed by atoms with van der Waals surface area (Å²) < 4.78 is 11.3. The molecule has 0 heterocycles. The van der Waals surface area contributed by atoms with Crippen molar-refractivity contribution in [3.63, 3.8) is 0 Å². The van der Waals surface area contributed by atoms with Crippen LogP contribution in [0.4, 0.5) is 5.69 Å². The minimum atomic E-state index is -0.803.